The lowest BCUT2D eigenvalue weighted by molar-refractivity contribution is 0.276. The first-order valence-corrected chi connectivity index (χ1v) is 7.05. The van der Waals surface area contributed by atoms with Gasteiger partial charge in [0.15, 0.2) is 0 Å². The third-order valence-corrected chi connectivity index (χ3v) is 3.46. The molecule has 0 amide bonds. The Morgan fingerprint density at radius 3 is 2.89 bits per heavy atom. The zero-order valence-corrected chi connectivity index (χ0v) is 11.8. The molecule has 0 unspecified atom stereocenters. The SMILES string of the molecule is CCN(CCNCc1ncnn1C(C)C)C1CC1. The number of hydrogen-bond acceptors (Lipinski definition) is 4. The van der Waals surface area contributed by atoms with E-state index in [9.17, 15) is 0 Å². The van der Waals surface area contributed by atoms with Gasteiger partial charge in [-0.25, -0.2) is 9.67 Å². The molecular weight excluding hydrogens is 226 g/mol. The van der Waals surface area contributed by atoms with Gasteiger partial charge in [0.25, 0.3) is 0 Å². The molecule has 1 heterocycles. The summed E-state index contributed by atoms with van der Waals surface area (Å²) in [7, 11) is 0. The molecule has 1 N–H and O–H groups in total. The number of rotatable bonds is 8. The Balaban J connectivity index is 1.69. The molecule has 5 heteroatoms. The van der Waals surface area contributed by atoms with E-state index in [1.165, 1.54) is 12.8 Å². The normalized spacial score (nSPS) is 15.8. The lowest BCUT2D eigenvalue weighted by Crippen LogP contribution is -2.33. The highest BCUT2D eigenvalue weighted by atomic mass is 15.4. The summed E-state index contributed by atoms with van der Waals surface area (Å²) in [5.41, 5.74) is 0. The highest BCUT2D eigenvalue weighted by Gasteiger charge is 2.26. The van der Waals surface area contributed by atoms with Gasteiger partial charge in [0, 0.05) is 25.2 Å². The van der Waals surface area contributed by atoms with E-state index in [-0.39, 0.29) is 0 Å². The minimum atomic E-state index is 0.378. The second-order valence-corrected chi connectivity index (χ2v) is 5.25. The van der Waals surface area contributed by atoms with Crippen LogP contribution in [-0.2, 0) is 6.54 Å². The molecule has 0 bridgehead atoms. The molecule has 5 nitrogen and oxygen atoms in total. The summed E-state index contributed by atoms with van der Waals surface area (Å²) >= 11 is 0. The minimum absolute atomic E-state index is 0.378. The van der Waals surface area contributed by atoms with Gasteiger partial charge >= 0.3 is 0 Å². The number of nitrogens with one attached hydrogen (secondary N) is 1. The Hall–Kier alpha value is -0.940. The maximum absolute atomic E-state index is 4.30. The summed E-state index contributed by atoms with van der Waals surface area (Å²) in [4.78, 5) is 6.85. The number of hydrogen-bond donors (Lipinski definition) is 1. The Kier molecular flexibility index (Phi) is 4.72. The Labute approximate surface area is 110 Å². The molecule has 0 spiro atoms. The standard InChI is InChI=1S/C13H25N5/c1-4-17(12-5-6-12)8-7-14-9-13-15-10-16-18(13)11(2)3/h10-12,14H,4-9H2,1-3H3. The highest BCUT2D eigenvalue weighted by Crippen LogP contribution is 2.25. The minimum Gasteiger partial charge on any atom is -0.309 e. The number of likely N-dealkylation sites (N-methyl/N-ethyl adjacent to an activating group) is 1. The van der Waals surface area contributed by atoms with Crippen molar-refractivity contribution in [3.63, 3.8) is 0 Å². The molecule has 18 heavy (non-hydrogen) atoms. The molecule has 0 aliphatic heterocycles. The topological polar surface area (TPSA) is 46.0 Å². The molecular formula is C13H25N5. The van der Waals surface area contributed by atoms with Crippen LogP contribution in [-0.4, -0.2) is 45.3 Å². The molecule has 0 radical (unpaired) electrons. The largest absolute Gasteiger partial charge is 0.309 e. The van der Waals surface area contributed by atoms with Crippen LogP contribution in [0.4, 0.5) is 0 Å². The van der Waals surface area contributed by atoms with E-state index in [1.807, 2.05) is 4.68 Å². The summed E-state index contributed by atoms with van der Waals surface area (Å²) in [6, 6.07) is 1.24. The van der Waals surface area contributed by atoms with Crippen molar-refractivity contribution >= 4 is 0 Å². The van der Waals surface area contributed by atoms with Gasteiger partial charge in [-0.2, -0.15) is 5.10 Å². The predicted molar refractivity (Wildman–Crippen MR) is 72.4 cm³/mol. The van der Waals surface area contributed by atoms with E-state index < -0.39 is 0 Å². The molecule has 102 valence electrons. The van der Waals surface area contributed by atoms with Crippen LogP contribution >= 0.6 is 0 Å². The lowest BCUT2D eigenvalue weighted by atomic mass is 10.4. The molecule has 0 atom stereocenters. The molecule has 1 aliphatic carbocycles. The van der Waals surface area contributed by atoms with Crippen molar-refractivity contribution in [2.24, 2.45) is 0 Å². The monoisotopic (exact) mass is 251 g/mol. The fourth-order valence-electron chi connectivity index (χ4n) is 2.29. The number of nitrogens with zero attached hydrogens (tertiary/aromatic N) is 4. The first-order chi connectivity index (χ1) is 8.72. The zero-order chi connectivity index (χ0) is 13.0. The van der Waals surface area contributed by atoms with Crippen molar-refractivity contribution < 1.29 is 0 Å². The highest BCUT2D eigenvalue weighted by molar-refractivity contribution is 4.87. The van der Waals surface area contributed by atoms with Crippen LogP contribution in [0.3, 0.4) is 0 Å². The summed E-state index contributed by atoms with van der Waals surface area (Å²) < 4.78 is 1.98. The van der Waals surface area contributed by atoms with E-state index in [4.69, 9.17) is 0 Å². The smallest absolute Gasteiger partial charge is 0.141 e. The molecule has 1 saturated carbocycles. The molecule has 1 fully saturated rings. The van der Waals surface area contributed by atoms with Crippen LogP contribution < -0.4 is 5.32 Å². The summed E-state index contributed by atoms with van der Waals surface area (Å²) in [5, 5.41) is 7.70. The fraction of sp³-hybridized carbons (Fsp3) is 0.846. The van der Waals surface area contributed by atoms with Crippen LogP contribution in [0.2, 0.25) is 0 Å². The Bertz CT molecular complexity index is 356. The maximum Gasteiger partial charge on any atom is 0.141 e. The first kappa shape index (κ1) is 13.5. The van der Waals surface area contributed by atoms with Crippen LogP contribution in [0.15, 0.2) is 6.33 Å². The van der Waals surface area contributed by atoms with Crippen molar-refractivity contribution in [1.82, 2.24) is 25.0 Å². The van der Waals surface area contributed by atoms with E-state index in [2.05, 4.69) is 41.1 Å². The second-order valence-electron chi connectivity index (χ2n) is 5.25. The van der Waals surface area contributed by atoms with E-state index >= 15 is 0 Å². The average Bonchev–Trinajstić information content (AvgIpc) is 3.07. The summed E-state index contributed by atoms with van der Waals surface area (Å²) in [5.74, 6) is 1.03. The maximum atomic E-state index is 4.30. The molecule has 0 saturated heterocycles. The van der Waals surface area contributed by atoms with Gasteiger partial charge in [0.2, 0.25) is 0 Å². The van der Waals surface area contributed by atoms with Crippen LogP contribution in [0, 0.1) is 0 Å². The Morgan fingerprint density at radius 2 is 2.28 bits per heavy atom. The van der Waals surface area contributed by atoms with E-state index in [0.717, 1.165) is 38.0 Å². The van der Waals surface area contributed by atoms with Crippen molar-refractivity contribution in [2.45, 2.75) is 52.2 Å². The van der Waals surface area contributed by atoms with Crippen LogP contribution in [0.1, 0.15) is 45.5 Å². The molecule has 1 aromatic heterocycles. The van der Waals surface area contributed by atoms with Crippen molar-refractivity contribution in [3.05, 3.63) is 12.2 Å². The van der Waals surface area contributed by atoms with Gasteiger partial charge in [-0.15, -0.1) is 0 Å². The summed E-state index contributed by atoms with van der Waals surface area (Å²) in [6.45, 7) is 10.6. The number of aromatic nitrogens is 3. The van der Waals surface area contributed by atoms with Crippen molar-refractivity contribution in [1.29, 1.82) is 0 Å². The molecule has 2 rings (SSSR count). The molecule has 0 aromatic carbocycles. The van der Waals surface area contributed by atoms with Crippen LogP contribution in [0.5, 0.6) is 0 Å². The average molecular weight is 251 g/mol. The van der Waals surface area contributed by atoms with Gasteiger partial charge in [0.1, 0.15) is 12.2 Å². The Morgan fingerprint density at radius 1 is 1.50 bits per heavy atom. The van der Waals surface area contributed by atoms with Gasteiger partial charge in [-0.05, 0) is 33.2 Å². The first-order valence-electron chi connectivity index (χ1n) is 7.05. The second kappa shape index (κ2) is 6.29. The lowest BCUT2D eigenvalue weighted by Gasteiger charge is -2.19. The van der Waals surface area contributed by atoms with Crippen molar-refractivity contribution in [2.75, 3.05) is 19.6 Å². The third kappa shape index (κ3) is 3.53. The molecule has 1 aromatic rings. The fourth-order valence-corrected chi connectivity index (χ4v) is 2.29. The van der Waals surface area contributed by atoms with Crippen molar-refractivity contribution in [3.8, 4) is 0 Å². The quantitative estimate of drug-likeness (QED) is 0.710. The molecule has 1 aliphatic rings. The van der Waals surface area contributed by atoms with Gasteiger partial charge in [-0.3, -0.25) is 4.90 Å². The summed E-state index contributed by atoms with van der Waals surface area (Å²) in [6.07, 6.45) is 4.41. The predicted octanol–water partition coefficient (Wildman–Crippen LogP) is 1.43. The van der Waals surface area contributed by atoms with E-state index in [1.54, 1.807) is 6.33 Å². The third-order valence-electron chi connectivity index (χ3n) is 3.46. The van der Waals surface area contributed by atoms with Gasteiger partial charge in [-0.1, -0.05) is 6.92 Å². The zero-order valence-electron chi connectivity index (χ0n) is 11.8. The van der Waals surface area contributed by atoms with E-state index in [0.29, 0.717) is 6.04 Å². The van der Waals surface area contributed by atoms with Gasteiger partial charge in [0.05, 0.1) is 6.54 Å². The van der Waals surface area contributed by atoms with Crippen LogP contribution in [0.25, 0.3) is 0 Å². The van der Waals surface area contributed by atoms with Gasteiger partial charge < -0.3 is 5.32 Å².